The van der Waals surface area contributed by atoms with Crippen LogP contribution in [-0.4, -0.2) is 17.4 Å². The highest BCUT2D eigenvalue weighted by atomic mass is 16.1. The molecule has 1 N–H and O–H groups in total. The molecule has 3 nitrogen and oxygen atoms in total. The van der Waals surface area contributed by atoms with Gasteiger partial charge in [0.1, 0.15) is 0 Å². The smallest absolute Gasteiger partial charge is 0.252 e. The fourth-order valence-electron chi connectivity index (χ4n) is 0.712. The summed E-state index contributed by atoms with van der Waals surface area (Å²) >= 11 is 0. The SMILES string of the molecule is CCNC(=O)c1c[c]cnc1. The van der Waals surface area contributed by atoms with Crippen molar-refractivity contribution in [1.29, 1.82) is 0 Å². The van der Waals surface area contributed by atoms with Crippen LogP contribution in [-0.2, 0) is 0 Å². The fourth-order valence-corrected chi connectivity index (χ4v) is 0.712. The Hall–Kier alpha value is -1.38. The van der Waals surface area contributed by atoms with Crippen LogP contribution in [0.25, 0.3) is 0 Å². The van der Waals surface area contributed by atoms with E-state index in [0.717, 1.165) is 0 Å². The maximum absolute atomic E-state index is 11.1. The Morgan fingerprint density at radius 1 is 1.82 bits per heavy atom. The highest BCUT2D eigenvalue weighted by Crippen LogP contribution is 1.93. The van der Waals surface area contributed by atoms with Crippen molar-refractivity contribution in [2.24, 2.45) is 0 Å². The maximum Gasteiger partial charge on any atom is 0.252 e. The Bertz CT molecular complexity index is 233. The molecule has 1 aromatic heterocycles. The van der Waals surface area contributed by atoms with Crippen molar-refractivity contribution in [2.45, 2.75) is 6.92 Å². The maximum atomic E-state index is 11.1. The molecular formula is C8H9N2O. The van der Waals surface area contributed by atoms with Crippen LogP contribution in [0, 0.1) is 6.07 Å². The van der Waals surface area contributed by atoms with E-state index in [9.17, 15) is 4.79 Å². The average molecular weight is 149 g/mol. The van der Waals surface area contributed by atoms with Gasteiger partial charge >= 0.3 is 0 Å². The molecule has 0 unspecified atom stereocenters. The Balaban J connectivity index is 2.69. The lowest BCUT2D eigenvalue weighted by atomic mass is 10.3. The van der Waals surface area contributed by atoms with E-state index in [2.05, 4.69) is 16.4 Å². The largest absolute Gasteiger partial charge is 0.352 e. The number of pyridine rings is 1. The van der Waals surface area contributed by atoms with Gasteiger partial charge in [-0.25, -0.2) is 0 Å². The molecule has 0 atom stereocenters. The second-order valence-corrected chi connectivity index (χ2v) is 2.03. The van der Waals surface area contributed by atoms with Crippen LogP contribution in [0.4, 0.5) is 0 Å². The lowest BCUT2D eigenvalue weighted by Crippen LogP contribution is -2.22. The number of aromatic nitrogens is 1. The van der Waals surface area contributed by atoms with Crippen LogP contribution in [0.15, 0.2) is 18.5 Å². The topological polar surface area (TPSA) is 42.0 Å². The average Bonchev–Trinajstić information content (AvgIpc) is 2.07. The van der Waals surface area contributed by atoms with Crippen LogP contribution in [0.3, 0.4) is 0 Å². The van der Waals surface area contributed by atoms with Crippen LogP contribution in [0.5, 0.6) is 0 Å². The minimum Gasteiger partial charge on any atom is -0.352 e. The Morgan fingerprint density at radius 2 is 2.64 bits per heavy atom. The van der Waals surface area contributed by atoms with Gasteiger partial charge < -0.3 is 5.32 Å². The van der Waals surface area contributed by atoms with Gasteiger partial charge in [-0.2, -0.15) is 0 Å². The van der Waals surface area contributed by atoms with Crippen LogP contribution >= 0.6 is 0 Å². The molecule has 0 aliphatic rings. The first-order chi connectivity index (χ1) is 5.34. The van der Waals surface area contributed by atoms with Crippen molar-refractivity contribution in [3.63, 3.8) is 0 Å². The molecule has 0 saturated heterocycles. The normalized spacial score (nSPS) is 9.18. The molecule has 1 amide bonds. The van der Waals surface area contributed by atoms with Crippen molar-refractivity contribution in [1.82, 2.24) is 10.3 Å². The zero-order valence-corrected chi connectivity index (χ0v) is 6.29. The van der Waals surface area contributed by atoms with E-state index in [1.165, 1.54) is 12.4 Å². The first-order valence-electron chi connectivity index (χ1n) is 3.44. The summed E-state index contributed by atoms with van der Waals surface area (Å²) in [5, 5.41) is 2.66. The van der Waals surface area contributed by atoms with Crippen molar-refractivity contribution in [3.05, 3.63) is 30.1 Å². The Kier molecular flexibility index (Phi) is 2.60. The molecule has 1 radical (unpaired) electrons. The molecule has 1 rings (SSSR count). The van der Waals surface area contributed by atoms with Gasteiger partial charge in [-0.05, 0) is 13.0 Å². The summed E-state index contributed by atoms with van der Waals surface area (Å²) in [5.74, 6) is -0.100. The molecule has 57 valence electrons. The zero-order valence-electron chi connectivity index (χ0n) is 6.29. The highest BCUT2D eigenvalue weighted by Gasteiger charge is 2.00. The molecular weight excluding hydrogens is 140 g/mol. The lowest BCUT2D eigenvalue weighted by Gasteiger charge is -1.98. The van der Waals surface area contributed by atoms with E-state index in [1.807, 2.05) is 6.92 Å². The molecule has 0 aliphatic heterocycles. The quantitative estimate of drug-likeness (QED) is 0.670. The van der Waals surface area contributed by atoms with Crippen molar-refractivity contribution in [2.75, 3.05) is 6.54 Å². The molecule has 0 saturated carbocycles. The van der Waals surface area contributed by atoms with Gasteiger partial charge in [0.15, 0.2) is 0 Å². The van der Waals surface area contributed by atoms with Gasteiger partial charge in [-0.3, -0.25) is 9.78 Å². The van der Waals surface area contributed by atoms with E-state index >= 15 is 0 Å². The Labute approximate surface area is 65.5 Å². The number of nitrogens with one attached hydrogen (secondary N) is 1. The van der Waals surface area contributed by atoms with Gasteiger partial charge in [0, 0.05) is 25.0 Å². The molecule has 3 heteroatoms. The molecule has 0 aliphatic carbocycles. The van der Waals surface area contributed by atoms with Crippen molar-refractivity contribution >= 4 is 5.91 Å². The minimum absolute atomic E-state index is 0.100. The monoisotopic (exact) mass is 149 g/mol. The molecule has 0 bridgehead atoms. The van der Waals surface area contributed by atoms with E-state index in [4.69, 9.17) is 0 Å². The number of nitrogens with zero attached hydrogens (tertiary/aromatic N) is 1. The first kappa shape index (κ1) is 7.72. The number of carbonyl (C=O) groups is 1. The van der Waals surface area contributed by atoms with Gasteiger partial charge in [0.05, 0.1) is 5.56 Å². The van der Waals surface area contributed by atoms with Crippen molar-refractivity contribution < 1.29 is 4.79 Å². The molecule has 1 aromatic rings. The van der Waals surface area contributed by atoms with Crippen molar-refractivity contribution in [3.8, 4) is 0 Å². The predicted molar refractivity (Wildman–Crippen MR) is 41.1 cm³/mol. The summed E-state index contributed by atoms with van der Waals surface area (Å²) in [6, 6.07) is 4.34. The van der Waals surface area contributed by atoms with Gasteiger partial charge in [-0.15, -0.1) is 0 Å². The summed E-state index contributed by atoms with van der Waals surface area (Å²) in [7, 11) is 0. The van der Waals surface area contributed by atoms with E-state index in [1.54, 1.807) is 6.07 Å². The van der Waals surface area contributed by atoms with E-state index in [-0.39, 0.29) is 5.91 Å². The zero-order chi connectivity index (χ0) is 8.10. The second kappa shape index (κ2) is 3.71. The van der Waals surface area contributed by atoms with Gasteiger partial charge in [0.25, 0.3) is 5.91 Å². The Morgan fingerprint density at radius 3 is 3.18 bits per heavy atom. The predicted octanol–water partition coefficient (Wildman–Crippen LogP) is 0.631. The molecule has 0 spiro atoms. The van der Waals surface area contributed by atoms with Crippen LogP contribution < -0.4 is 5.32 Å². The first-order valence-corrected chi connectivity index (χ1v) is 3.44. The fraction of sp³-hybridized carbons (Fsp3) is 0.250. The third-order valence-corrected chi connectivity index (χ3v) is 1.20. The minimum atomic E-state index is -0.100. The van der Waals surface area contributed by atoms with Crippen LogP contribution in [0.2, 0.25) is 0 Å². The molecule has 0 aromatic carbocycles. The summed E-state index contributed by atoms with van der Waals surface area (Å²) < 4.78 is 0. The number of hydrogen-bond donors (Lipinski definition) is 1. The third-order valence-electron chi connectivity index (χ3n) is 1.20. The van der Waals surface area contributed by atoms with E-state index in [0.29, 0.717) is 12.1 Å². The molecule has 0 fully saturated rings. The molecule has 11 heavy (non-hydrogen) atoms. The summed E-state index contributed by atoms with van der Waals surface area (Å²) in [6.07, 6.45) is 3.03. The summed E-state index contributed by atoms with van der Waals surface area (Å²) in [5.41, 5.74) is 0.550. The standard InChI is InChI=1S/C8H9N2O/c1-2-10-8(11)7-4-3-5-9-6-7/h4-6H,2H2,1H3,(H,10,11). The third kappa shape index (κ3) is 2.04. The van der Waals surface area contributed by atoms with Gasteiger partial charge in [0.2, 0.25) is 0 Å². The van der Waals surface area contributed by atoms with Gasteiger partial charge in [-0.1, -0.05) is 0 Å². The number of carbonyl (C=O) groups excluding carboxylic acids is 1. The lowest BCUT2D eigenvalue weighted by molar-refractivity contribution is 0.0955. The summed E-state index contributed by atoms with van der Waals surface area (Å²) in [4.78, 5) is 14.8. The van der Waals surface area contributed by atoms with Crippen LogP contribution in [0.1, 0.15) is 17.3 Å². The molecule has 1 heterocycles. The summed E-state index contributed by atoms with van der Waals surface area (Å²) in [6.45, 7) is 2.51. The number of rotatable bonds is 2. The number of hydrogen-bond acceptors (Lipinski definition) is 2. The highest BCUT2D eigenvalue weighted by molar-refractivity contribution is 5.93. The second-order valence-electron chi connectivity index (χ2n) is 2.03. The number of amides is 1. The van der Waals surface area contributed by atoms with E-state index < -0.39 is 0 Å².